The number of ether oxygens (including phenoxy) is 3. The average molecular weight is 1650 g/mol. The van der Waals surface area contributed by atoms with Crippen molar-refractivity contribution >= 4 is 81.8 Å². The van der Waals surface area contributed by atoms with Gasteiger partial charge in [0.1, 0.15) is 11.3 Å². The van der Waals surface area contributed by atoms with Crippen LogP contribution in [0, 0.1) is 215 Å². The second kappa shape index (κ2) is 45.1. The molecule has 8 aromatic carbocycles. The van der Waals surface area contributed by atoms with Crippen LogP contribution in [0.4, 0.5) is 0 Å². The van der Waals surface area contributed by atoms with Crippen molar-refractivity contribution in [2.45, 2.75) is 263 Å². The number of fused-ring (bicyclic) bond motifs is 1. The van der Waals surface area contributed by atoms with Crippen molar-refractivity contribution in [3.63, 3.8) is 0 Å². The lowest BCUT2D eigenvalue weighted by molar-refractivity contribution is -0.114. The smallest absolute Gasteiger partial charge is 0.344 e. The Morgan fingerprint density at radius 1 is 0.303 bits per heavy atom. The molecule has 0 unspecified atom stereocenters. The first-order valence-electron chi connectivity index (χ1n) is 41.0. The Hall–Kier alpha value is -11.9. The summed E-state index contributed by atoms with van der Waals surface area (Å²) in [6.07, 6.45) is 11.1. The molecule has 0 amide bonds. The summed E-state index contributed by atoms with van der Waals surface area (Å²) in [7, 11) is 0. The number of aryl methyl sites for hydroxylation is 3. The molecule has 9 rings (SSSR count). The lowest BCUT2D eigenvalue weighted by Gasteiger charge is -2.19. The fraction of sp³-hybridized carbons (Fsp3) is 0.352. The van der Waals surface area contributed by atoms with Crippen LogP contribution in [-0.2, 0) is 24.0 Å². The fourth-order valence-corrected chi connectivity index (χ4v) is 14.2. The summed E-state index contributed by atoms with van der Waals surface area (Å²) in [5, 5.41) is 1.10. The van der Waals surface area contributed by atoms with E-state index in [1.54, 1.807) is 75.4 Å². The number of Topliss-reactive ketones (excluding diaryl/α,β-unsaturated/α-hetero) is 2. The summed E-state index contributed by atoms with van der Waals surface area (Å²) in [5.41, 5.74) is 40.7. The number of carbonyl (C=O) groups is 9. The third kappa shape index (κ3) is 25.6. The van der Waals surface area contributed by atoms with E-state index in [9.17, 15) is 47.9 Å². The predicted molar refractivity (Wildman–Crippen MR) is 505 cm³/mol. The van der Waals surface area contributed by atoms with Gasteiger partial charge < -0.3 is 18.6 Å². The molecule has 0 fully saturated rings. The third-order valence-corrected chi connectivity index (χ3v) is 24.9. The van der Waals surface area contributed by atoms with Crippen molar-refractivity contribution in [3.05, 3.63) is 307 Å². The first-order valence-corrected chi connectivity index (χ1v) is 41.0. The topological polar surface area (TPSA) is 212 Å². The number of hydrogen-bond acceptors (Lipinski definition) is 14. The molecule has 0 saturated carbocycles. The maximum Gasteiger partial charge on any atom is 0.344 e. The maximum atomic E-state index is 13.6. The van der Waals surface area contributed by atoms with E-state index in [0.717, 1.165) is 122 Å². The maximum absolute atomic E-state index is 13.6. The monoisotopic (exact) mass is 1650 g/mol. The Balaban J connectivity index is 0.000000400. The number of benzene rings is 8. The van der Waals surface area contributed by atoms with Crippen molar-refractivity contribution in [2.24, 2.45) is 0 Å². The second-order valence-electron chi connectivity index (χ2n) is 32.4. The first kappa shape index (κ1) is 104. The number of esters is 3. The van der Waals surface area contributed by atoms with E-state index >= 15 is 0 Å². The molecule has 0 spiro atoms. The number of allylic oxidation sites excluding steroid dienone is 5. The van der Waals surface area contributed by atoms with Crippen LogP contribution in [0.1, 0.15) is 279 Å². The SMILES string of the molecule is C=C(C)C(C)=O.C=CC(C)=O.CC(=O)/C=C/c1c(C)c(C)c(C)c(C)c1C.CC(=O)/C=C/c1ccc(OC(=O)c2c(C)c(C)c(C)c(C)c2C)c(OC(=O)c2c(C)c(C)c(C)c(C)c2C)c1.CC(=O)/C=C/c1cccc(OC(=O)c2c(C)c(C)c(C)c(C)c2C)c1.CC(=O)c1c(C)c(C)c(C)c(C)c1C.Cc1c(C)c(C)c2c(C)c(C)c(=O)oc2c1C. The zero-order valence-corrected chi connectivity index (χ0v) is 80.2. The summed E-state index contributed by atoms with van der Waals surface area (Å²) in [6.45, 7) is 80.4. The highest BCUT2D eigenvalue weighted by molar-refractivity contribution is 6.00. The number of ketones is 6. The van der Waals surface area contributed by atoms with Crippen molar-refractivity contribution in [1.29, 1.82) is 0 Å². The minimum absolute atomic E-state index is 0.0185. The van der Waals surface area contributed by atoms with Gasteiger partial charge in [-0.25, -0.2) is 19.2 Å². The number of rotatable bonds is 15. The Morgan fingerprint density at radius 2 is 0.582 bits per heavy atom. The van der Waals surface area contributed by atoms with Crippen LogP contribution in [-0.4, -0.2) is 52.6 Å². The highest BCUT2D eigenvalue weighted by atomic mass is 16.6. The highest BCUT2D eigenvalue weighted by Crippen LogP contribution is 2.37. The Morgan fingerprint density at radius 3 is 0.910 bits per heavy atom. The summed E-state index contributed by atoms with van der Waals surface area (Å²) in [4.78, 5) is 116. The van der Waals surface area contributed by atoms with Crippen molar-refractivity contribution in [1.82, 2.24) is 0 Å². The van der Waals surface area contributed by atoms with Gasteiger partial charge in [-0.1, -0.05) is 49.6 Å². The minimum atomic E-state index is -0.532. The molecule has 14 nitrogen and oxygen atoms in total. The van der Waals surface area contributed by atoms with Gasteiger partial charge in [-0.2, -0.15) is 0 Å². The second-order valence-corrected chi connectivity index (χ2v) is 32.4. The molecule has 1 aromatic heterocycles. The molecule has 0 radical (unpaired) electrons. The molecule has 0 N–H and O–H groups in total. The number of carbonyl (C=O) groups excluding carboxylic acids is 9. The van der Waals surface area contributed by atoms with Crippen LogP contribution < -0.4 is 19.8 Å². The summed E-state index contributed by atoms with van der Waals surface area (Å²) < 4.78 is 22.9. The van der Waals surface area contributed by atoms with E-state index in [1.165, 1.54) is 118 Å². The van der Waals surface area contributed by atoms with Crippen LogP contribution in [0.5, 0.6) is 17.2 Å². The average Bonchev–Trinajstić information content (AvgIpc) is 0.756. The first-order chi connectivity index (χ1) is 56.4. The van der Waals surface area contributed by atoms with Crippen molar-refractivity contribution < 1.29 is 61.8 Å². The molecule has 0 saturated heterocycles. The van der Waals surface area contributed by atoms with Crippen LogP contribution in [0.25, 0.3) is 29.2 Å². The molecule has 0 aliphatic carbocycles. The van der Waals surface area contributed by atoms with Crippen LogP contribution >= 0.6 is 0 Å². The van der Waals surface area contributed by atoms with E-state index in [2.05, 4.69) is 96.2 Å². The van der Waals surface area contributed by atoms with Crippen molar-refractivity contribution in [2.75, 3.05) is 0 Å². The van der Waals surface area contributed by atoms with E-state index in [-0.39, 0.29) is 57.8 Å². The van der Waals surface area contributed by atoms with E-state index in [0.29, 0.717) is 39.1 Å². The Bertz CT molecular complexity index is 5700. The van der Waals surface area contributed by atoms with E-state index in [4.69, 9.17) is 18.6 Å². The van der Waals surface area contributed by atoms with E-state index in [1.807, 2.05) is 144 Å². The quantitative estimate of drug-likeness (QED) is 0.0307. The lowest BCUT2D eigenvalue weighted by Crippen LogP contribution is -2.18. The summed E-state index contributed by atoms with van der Waals surface area (Å²) >= 11 is 0. The van der Waals surface area contributed by atoms with Gasteiger partial charge in [0.15, 0.2) is 46.2 Å². The van der Waals surface area contributed by atoms with Crippen LogP contribution in [0.3, 0.4) is 0 Å². The zero-order valence-electron chi connectivity index (χ0n) is 80.2. The van der Waals surface area contributed by atoms with Crippen LogP contribution in [0.15, 0.2) is 94.7 Å². The molecule has 9 aromatic rings. The third-order valence-electron chi connectivity index (χ3n) is 24.9. The highest BCUT2D eigenvalue weighted by Gasteiger charge is 2.27. The molecule has 0 aliphatic rings. The van der Waals surface area contributed by atoms with Gasteiger partial charge in [0.25, 0.3) is 0 Å². The van der Waals surface area contributed by atoms with Gasteiger partial charge in [0.05, 0.1) is 16.7 Å². The molecule has 14 heteroatoms. The standard InChI is InChI=1S/C34H38O5.C22H24O3.C15H18O2.C15H20O.C13H18O.C5H8O.C4H6O/c1-17(35)12-13-28-14-15-29(38-33(36)31-24(8)20(4)18(2)21(5)25(31)9)30(16-28)39-34(37)32-26(10)22(6)19(3)23(7)27(32)11;1-13(23)10-11-19-8-7-9-20(12-19)25-22(24)21-17(5)15(3)14(2)16(4)18(21)6;1-7-8(2)11(5)14-13(9(7)3)10(4)12(6)15(16)17-14;1-9(16)7-8-15-13(5)11(3)10(2)12(4)14(15)6;1-7-8(2)10(4)13(12(6)14)11(5)9(7)3;1-4(2)5(3)6;1-3-4(2)5/h12-16H,1-11H3;7-12H,1-6H3;1-6H3;7-8H,1-6H3;1-6H3;1H2,2-3H3;3H,1H2,2H3/b13-12+;11-10+;;8-7+;;;. The molecular weight excluding hydrogens is 1520 g/mol. The van der Waals surface area contributed by atoms with Crippen molar-refractivity contribution in [3.8, 4) is 17.2 Å². The molecular formula is C108H132O14. The molecule has 122 heavy (non-hydrogen) atoms. The van der Waals surface area contributed by atoms with Gasteiger partial charge in [-0.05, 0) is 501 Å². The Kier molecular flexibility index (Phi) is 38.6. The molecule has 0 bridgehead atoms. The lowest BCUT2D eigenvalue weighted by atomic mass is 9.88. The normalized spacial score (nSPS) is 10.7. The van der Waals surface area contributed by atoms with Gasteiger partial charge in [-0.15, -0.1) is 0 Å². The summed E-state index contributed by atoms with van der Waals surface area (Å²) in [6, 6.07) is 12.0. The Labute approximate surface area is 727 Å². The van der Waals surface area contributed by atoms with E-state index < -0.39 is 11.9 Å². The van der Waals surface area contributed by atoms with Gasteiger partial charge in [-0.3, -0.25) is 28.8 Å². The molecule has 0 aliphatic heterocycles. The molecule has 648 valence electrons. The minimum Gasteiger partial charge on any atom is -0.423 e. The fourth-order valence-electron chi connectivity index (χ4n) is 14.2. The largest absolute Gasteiger partial charge is 0.423 e. The predicted octanol–water partition coefficient (Wildman–Crippen LogP) is 25.7. The number of hydrogen-bond donors (Lipinski definition) is 0. The molecule has 1 heterocycles. The van der Waals surface area contributed by atoms with Gasteiger partial charge in [0.2, 0.25) is 0 Å². The van der Waals surface area contributed by atoms with Gasteiger partial charge >= 0.3 is 23.5 Å². The molecule has 0 atom stereocenters. The van der Waals surface area contributed by atoms with Gasteiger partial charge in [0, 0.05) is 16.5 Å². The summed E-state index contributed by atoms with van der Waals surface area (Å²) in [5.74, 6) is -0.509. The zero-order chi connectivity index (χ0) is 93.9. The van der Waals surface area contributed by atoms with Crippen LogP contribution in [0.2, 0.25) is 0 Å².